The molecule has 0 heterocycles. The molecule has 0 aliphatic heterocycles. The van der Waals surface area contributed by atoms with Gasteiger partial charge in [-0.05, 0) is 37.1 Å². The fourth-order valence-electron chi connectivity index (χ4n) is 2.20. The average Bonchev–Trinajstić information content (AvgIpc) is 2.37. The van der Waals surface area contributed by atoms with Gasteiger partial charge in [-0.3, -0.25) is 10.1 Å². The van der Waals surface area contributed by atoms with Crippen molar-refractivity contribution in [1.29, 1.82) is 0 Å². The van der Waals surface area contributed by atoms with Crippen molar-refractivity contribution in [3.8, 4) is 11.1 Å². The molecule has 108 valence electrons. The van der Waals surface area contributed by atoms with Gasteiger partial charge in [-0.15, -0.1) is 0 Å². The number of urea groups is 1. The number of carbonyl (C=O) groups is 2. The van der Waals surface area contributed by atoms with Gasteiger partial charge in [-0.2, -0.15) is 0 Å². The summed E-state index contributed by atoms with van der Waals surface area (Å²) in [6.45, 7) is 4.01. The molecule has 21 heavy (non-hydrogen) atoms. The van der Waals surface area contributed by atoms with Crippen LogP contribution >= 0.6 is 11.6 Å². The molecule has 4 nitrogen and oxygen atoms in total. The normalized spacial score (nSPS) is 10.2. The molecule has 5 heteroatoms. The molecule has 2 aromatic rings. The van der Waals surface area contributed by atoms with E-state index in [-0.39, 0.29) is 10.6 Å². The molecule has 0 radical (unpaired) electrons. The number of carbonyl (C=O) groups excluding carboxylic acids is 2. The minimum absolute atomic E-state index is 0.215. The molecule has 3 N–H and O–H groups in total. The highest BCUT2D eigenvalue weighted by Gasteiger charge is 2.13. The number of imide groups is 1. The number of nitrogens with two attached hydrogens (primary N) is 1. The second-order valence-corrected chi connectivity index (χ2v) is 5.30. The van der Waals surface area contributed by atoms with Gasteiger partial charge >= 0.3 is 6.03 Å². The zero-order valence-electron chi connectivity index (χ0n) is 11.7. The molecule has 0 saturated carbocycles. The average molecular weight is 303 g/mol. The van der Waals surface area contributed by atoms with E-state index in [2.05, 4.69) is 6.07 Å². The van der Waals surface area contributed by atoms with Crippen LogP contribution in [-0.4, -0.2) is 11.9 Å². The molecule has 0 spiro atoms. The lowest BCUT2D eigenvalue weighted by molar-refractivity contribution is 0.0966. The maximum atomic E-state index is 11.9. The van der Waals surface area contributed by atoms with E-state index in [4.69, 9.17) is 17.3 Å². The van der Waals surface area contributed by atoms with Gasteiger partial charge < -0.3 is 5.73 Å². The molecule has 0 atom stereocenters. The standard InChI is InChI=1S/C16H15ClN2O2/c1-9-5-10(2)7-12(6-9)11-3-4-14(17)13(8-11)15(20)19-16(18)21/h3-8H,1-2H3,(H3,18,19,20,21). The molecule has 2 rings (SSSR count). The van der Waals surface area contributed by atoms with Gasteiger partial charge in [0.25, 0.3) is 5.91 Å². The third kappa shape index (κ3) is 3.61. The zero-order valence-corrected chi connectivity index (χ0v) is 12.5. The van der Waals surface area contributed by atoms with Crippen LogP contribution in [0.15, 0.2) is 36.4 Å². The van der Waals surface area contributed by atoms with Crippen LogP contribution in [0.5, 0.6) is 0 Å². The van der Waals surface area contributed by atoms with Crippen molar-refractivity contribution in [2.24, 2.45) is 5.73 Å². The van der Waals surface area contributed by atoms with Crippen LogP contribution in [0.4, 0.5) is 4.79 Å². The number of benzene rings is 2. The number of halogens is 1. The topological polar surface area (TPSA) is 72.2 Å². The van der Waals surface area contributed by atoms with Gasteiger partial charge in [0.2, 0.25) is 0 Å². The van der Waals surface area contributed by atoms with E-state index >= 15 is 0 Å². The quantitative estimate of drug-likeness (QED) is 0.892. The lowest BCUT2D eigenvalue weighted by Gasteiger charge is -2.09. The van der Waals surface area contributed by atoms with Crippen LogP contribution in [0.2, 0.25) is 5.02 Å². The Kier molecular flexibility index (Phi) is 4.29. The van der Waals surface area contributed by atoms with Crippen LogP contribution < -0.4 is 11.1 Å². The summed E-state index contributed by atoms with van der Waals surface area (Å²) in [6, 6.07) is 10.3. The summed E-state index contributed by atoms with van der Waals surface area (Å²) in [5.41, 5.74) is 9.26. The maximum absolute atomic E-state index is 11.9. The maximum Gasteiger partial charge on any atom is 0.319 e. The molecule has 0 bridgehead atoms. The van der Waals surface area contributed by atoms with E-state index in [9.17, 15) is 9.59 Å². The van der Waals surface area contributed by atoms with Crippen molar-refractivity contribution in [3.63, 3.8) is 0 Å². The first-order chi connectivity index (χ1) is 9.86. The summed E-state index contributed by atoms with van der Waals surface area (Å²) in [5.74, 6) is -0.612. The van der Waals surface area contributed by atoms with E-state index in [0.717, 1.165) is 22.3 Å². The highest BCUT2D eigenvalue weighted by Crippen LogP contribution is 2.26. The van der Waals surface area contributed by atoms with Gasteiger partial charge in [0.1, 0.15) is 0 Å². The van der Waals surface area contributed by atoms with Gasteiger partial charge in [0.05, 0.1) is 10.6 Å². The zero-order chi connectivity index (χ0) is 15.6. The highest BCUT2D eigenvalue weighted by molar-refractivity contribution is 6.34. The Bertz CT molecular complexity index is 706. The van der Waals surface area contributed by atoms with Crippen molar-refractivity contribution >= 4 is 23.5 Å². The first-order valence-electron chi connectivity index (χ1n) is 6.36. The van der Waals surface area contributed by atoms with Crippen molar-refractivity contribution in [3.05, 3.63) is 58.1 Å². The largest absolute Gasteiger partial charge is 0.351 e. The summed E-state index contributed by atoms with van der Waals surface area (Å²) in [4.78, 5) is 22.7. The molecule has 0 aliphatic rings. The van der Waals surface area contributed by atoms with Gasteiger partial charge in [-0.1, -0.05) is 47.0 Å². The first-order valence-corrected chi connectivity index (χ1v) is 6.73. The number of primary amides is 1. The van der Waals surface area contributed by atoms with Gasteiger partial charge in [0, 0.05) is 0 Å². The third-order valence-corrected chi connectivity index (χ3v) is 3.33. The lowest BCUT2D eigenvalue weighted by Crippen LogP contribution is -2.35. The molecule has 2 aromatic carbocycles. The summed E-state index contributed by atoms with van der Waals surface area (Å²) < 4.78 is 0. The smallest absolute Gasteiger partial charge is 0.319 e. The molecule has 0 saturated heterocycles. The summed E-state index contributed by atoms with van der Waals surface area (Å²) >= 11 is 6.01. The monoisotopic (exact) mass is 302 g/mol. The van der Waals surface area contributed by atoms with E-state index in [1.54, 1.807) is 12.1 Å². The molecule has 3 amide bonds. The molecule has 0 aliphatic carbocycles. The summed E-state index contributed by atoms with van der Waals surface area (Å²) in [6.07, 6.45) is 0. The molecule has 0 unspecified atom stereocenters. The van der Waals surface area contributed by atoms with Crippen LogP contribution in [0.3, 0.4) is 0 Å². The summed E-state index contributed by atoms with van der Waals surface area (Å²) in [5, 5.41) is 2.28. The van der Waals surface area contributed by atoms with Crippen LogP contribution in [-0.2, 0) is 0 Å². The van der Waals surface area contributed by atoms with E-state index < -0.39 is 11.9 Å². The fourth-order valence-corrected chi connectivity index (χ4v) is 2.40. The van der Waals surface area contributed by atoms with Crippen molar-refractivity contribution < 1.29 is 9.59 Å². The Morgan fingerprint density at radius 3 is 2.19 bits per heavy atom. The Balaban J connectivity index is 2.47. The lowest BCUT2D eigenvalue weighted by atomic mass is 9.99. The van der Waals surface area contributed by atoms with E-state index in [1.807, 2.05) is 37.4 Å². The Hall–Kier alpha value is -2.33. The summed E-state index contributed by atoms with van der Waals surface area (Å²) in [7, 11) is 0. The SMILES string of the molecule is Cc1cc(C)cc(-c2ccc(Cl)c(C(=O)NC(N)=O)c2)c1. The second kappa shape index (κ2) is 5.97. The Morgan fingerprint density at radius 2 is 1.62 bits per heavy atom. The fraction of sp³-hybridized carbons (Fsp3) is 0.125. The van der Waals surface area contributed by atoms with Crippen LogP contribution in [0.25, 0.3) is 11.1 Å². The van der Waals surface area contributed by atoms with Crippen LogP contribution in [0.1, 0.15) is 21.5 Å². The molecule has 0 aromatic heterocycles. The van der Waals surface area contributed by atoms with Gasteiger partial charge in [0.15, 0.2) is 0 Å². The highest BCUT2D eigenvalue weighted by atomic mass is 35.5. The second-order valence-electron chi connectivity index (χ2n) is 4.89. The Labute approximate surface area is 127 Å². The van der Waals surface area contributed by atoms with E-state index in [0.29, 0.717) is 0 Å². The molecular formula is C16H15ClN2O2. The minimum atomic E-state index is -0.909. The number of nitrogens with one attached hydrogen (secondary N) is 1. The van der Waals surface area contributed by atoms with Crippen LogP contribution in [0, 0.1) is 13.8 Å². The number of rotatable bonds is 2. The minimum Gasteiger partial charge on any atom is -0.351 e. The predicted molar refractivity (Wildman–Crippen MR) is 83.4 cm³/mol. The van der Waals surface area contributed by atoms with Crippen molar-refractivity contribution in [1.82, 2.24) is 5.32 Å². The van der Waals surface area contributed by atoms with Crippen molar-refractivity contribution in [2.75, 3.05) is 0 Å². The number of aryl methyl sites for hydroxylation is 2. The Morgan fingerprint density at radius 1 is 1.00 bits per heavy atom. The number of hydrogen-bond donors (Lipinski definition) is 2. The van der Waals surface area contributed by atoms with Crippen molar-refractivity contribution in [2.45, 2.75) is 13.8 Å². The number of hydrogen-bond acceptors (Lipinski definition) is 2. The first kappa shape index (κ1) is 15.1. The van der Waals surface area contributed by atoms with E-state index in [1.165, 1.54) is 0 Å². The number of amides is 3. The molecule has 0 fully saturated rings. The predicted octanol–water partition coefficient (Wildman–Crippen LogP) is 3.43. The van der Waals surface area contributed by atoms with Gasteiger partial charge in [-0.25, -0.2) is 4.79 Å². The molecular weight excluding hydrogens is 288 g/mol. The third-order valence-electron chi connectivity index (χ3n) is 3.00.